The Hall–Kier alpha value is -1.49. The topological polar surface area (TPSA) is 48.7 Å². The summed E-state index contributed by atoms with van der Waals surface area (Å²) in [5.74, 6) is 2.26. The largest absolute Gasteiger partial charge is 0.467 e. The van der Waals surface area contributed by atoms with Crippen LogP contribution in [0, 0.1) is 11.8 Å². The maximum Gasteiger partial charge on any atom is 0.317 e. The Morgan fingerprint density at radius 3 is 2.87 bits per heavy atom. The van der Waals surface area contributed by atoms with E-state index in [2.05, 4.69) is 24.1 Å². The lowest BCUT2D eigenvalue weighted by atomic mass is 10.0. The molecule has 1 aromatic rings. The molecule has 0 radical (unpaired) electrons. The molecule has 1 saturated heterocycles. The third-order valence-corrected chi connectivity index (χ3v) is 4.99. The summed E-state index contributed by atoms with van der Waals surface area (Å²) in [6, 6.07) is 4.22. The van der Waals surface area contributed by atoms with Crippen LogP contribution in [0.3, 0.4) is 0 Å². The number of rotatable bonds is 5. The summed E-state index contributed by atoms with van der Waals surface area (Å²) in [6.45, 7) is 9.00. The van der Waals surface area contributed by atoms with Crippen molar-refractivity contribution in [2.24, 2.45) is 11.8 Å². The lowest BCUT2D eigenvalue weighted by Gasteiger charge is -2.34. The van der Waals surface area contributed by atoms with E-state index in [0.717, 1.165) is 37.7 Å². The van der Waals surface area contributed by atoms with Crippen LogP contribution in [0.2, 0.25) is 0 Å². The fourth-order valence-corrected chi connectivity index (χ4v) is 3.43. The van der Waals surface area contributed by atoms with Gasteiger partial charge in [-0.3, -0.25) is 4.90 Å². The zero-order valence-electron chi connectivity index (χ0n) is 14.3. The second kappa shape index (κ2) is 7.39. The van der Waals surface area contributed by atoms with E-state index in [9.17, 15) is 4.79 Å². The molecule has 5 nitrogen and oxygen atoms in total. The molecule has 128 valence electrons. The van der Waals surface area contributed by atoms with Crippen LogP contribution in [0.15, 0.2) is 22.8 Å². The lowest BCUT2D eigenvalue weighted by molar-refractivity contribution is 0.136. The molecule has 0 unspecified atom stereocenters. The van der Waals surface area contributed by atoms with Gasteiger partial charge in [-0.15, -0.1) is 0 Å². The summed E-state index contributed by atoms with van der Waals surface area (Å²) in [5, 5.41) is 2.98. The van der Waals surface area contributed by atoms with Crippen molar-refractivity contribution >= 4 is 6.03 Å². The van der Waals surface area contributed by atoms with Crippen molar-refractivity contribution in [1.29, 1.82) is 0 Å². The van der Waals surface area contributed by atoms with Gasteiger partial charge in [-0.05, 0) is 43.2 Å². The number of nitrogens with zero attached hydrogens (tertiary/aromatic N) is 2. The molecule has 1 aliphatic carbocycles. The maximum absolute atomic E-state index is 12.5. The second-order valence-electron chi connectivity index (χ2n) is 7.29. The first-order valence-electron chi connectivity index (χ1n) is 8.92. The van der Waals surface area contributed by atoms with Gasteiger partial charge >= 0.3 is 6.03 Å². The van der Waals surface area contributed by atoms with Gasteiger partial charge in [0.1, 0.15) is 5.76 Å². The van der Waals surface area contributed by atoms with Crippen molar-refractivity contribution in [3.05, 3.63) is 24.2 Å². The molecule has 5 heteroatoms. The van der Waals surface area contributed by atoms with Gasteiger partial charge in [-0.1, -0.05) is 13.8 Å². The predicted molar refractivity (Wildman–Crippen MR) is 90.1 cm³/mol. The number of carbonyl (C=O) groups is 1. The lowest BCUT2D eigenvalue weighted by Crippen LogP contribution is -2.48. The van der Waals surface area contributed by atoms with E-state index in [1.807, 2.05) is 17.0 Å². The SMILES string of the molecule is CC(C)[C@@H]1CN(C(=O)NCc2ccco2)CCCN1CC1CC1. The monoisotopic (exact) mass is 319 g/mol. The minimum atomic E-state index is 0.0281. The molecule has 0 spiro atoms. The summed E-state index contributed by atoms with van der Waals surface area (Å²) < 4.78 is 5.28. The van der Waals surface area contributed by atoms with Crippen LogP contribution in [0.25, 0.3) is 0 Å². The Labute approximate surface area is 139 Å². The van der Waals surface area contributed by atoms with Crippen molar-refractivity contribution < 1.29 is 9.21 Å². The van der Waals surface area contributed by atoms with Crippen LogP contribution in [-0.2, 0) is 6.54 Å². The molecule has 1 N–H and O–H groups in total. The highest BCUT2D eigenvalue weighted by Gasteiger charge is 2.33. The molecule has 1 aliphatic heterocycles. The standard InChI is InChI=1S/C18H29N3O2/c1-14(2)17-13-21(9-4-8-20(17)12-15-6-7-15)18(22)19-11-16-5-3-10-23-16/h3,5,10,14-15,17H,4,6-9,11-13H2,1-2H3,(H,19,22)/t17-/m0/s1. The molecule has 2 fully saturated rings. The fraction of sp³-hybridized carbons (Fsp3) is 0.722. The molecule has 1 aromatic heterocycles. The van der Waals surface area contributed by atoms with E-state index in [1.165, 1.54) is 19.4 Å². The second-order valence-corrected chi connectivity index (χ2v) is 7.29. The van der Waals surface area contributed by atoms with Crippen LogP contribution in [0.5, 0.6) is 0 Å². The van der Waals surface area contributed by atoms with Gasteiger partial charge in [0.05, 0.1) is 12.8 Å². The molecule has 2 amide bonds. The maximum atomic E-state index is 12.5. The molecule has 0 aromatic carbocycles. The summed E-state index contributed by atoms with van der Waals surface area (Å²) in [7, 11) is 0. The van der Waals surface area contributed by atoms with Gasteiger partial charge in [-0.2, -0.15) is 0 Å². The third kappa shape index (κ3) is 4.50. The summed E-state index contributed by atoms with van der Waals surface area (Å²) in [5.41, 5.74) is 0. The predicted octanol–water partition coefficient (Wildman–Crippen LogP) is 2.93. The molecule has 2 heterocycles. The Balaban J connectivity index is 1.57. The van der Waals surface area contributed by atoms with Crippen molar-refractivity contribution in [2.75, 3.05) is 26.2 Å². The van der Waals surface area contributed by atoms with Crippen LogP contribution in [-0.4, -0.2) is 48.1 Å². The Morgan fingerprint density at radius 2 is 2.22 bits per heavy atom. The highest BCUT2D eigenvalue weighted by Crippen LogP contribution is 2.31. The van der Waals surface area contributed by atoms with Crippen LogP contribution < -0.4 is 5.32 Å². The Morgan fingerprint density at radius 1 is 1.39 bits per heavy atom. The first-order valence-corrected chi connectivity index (χ1v) is 8.92. The molecular weight excluding hydrogens is 290 g/mol. The Bertz CT molecular complexity index is 496. The number of hydrogen-bond donors (Lipinski definition) is 1. The normalized spacial score (nSPS) is 23.1. The first kappa shape index (κ1) is 16.4. The zero-order valence-corrected chi connectivity index (χ0v) is 14.3. The minimum Gasteiger partial charge on any atom is -0.467 e. The van der Waals surface area contributed by atoms with E-state index >= 15 is 0 Å². The third-order valence-electron chi connectivity index (χ3n) is 4.99. The van der Waals surface area contributed by atoms with Crippen molar-refractivity contribution in [2.45, 2.75) is 45.7 Å². The van der Waals surface area contributed by atoms with Gasteiger partial charge in [-0.25, -0.2) is 4.79 Å². The average Bonchev–Trinajstić information content (AvgIpc) is 3.24. The van der Waals surface area contributed by atoms with E-state index in [1.54, 1.807) is 6.26 Å². The van der Waals surface area contributed by atoms with Gasteiger partial charge in [0.2, 0.25) is 0 Å². The molecule has 3 rings (SSSR count). The van der Waals surface area contributed by atoms with Crippen LogP contribution in [0.1, 0.15) is 38.9 Å². The van der Waals surface area contributed by atoms with E-state index in [4.69, 9.17) is 4.42 Å². The van der Waals surface area contributed by atoms with Gasteiger partial charge in [0.15, 0.2) is 0 Å². The first-order chi connectivity index (χ1) is 11.1. The molecular formula is C18H29N3O2. The van der Waals surface area contributed by atoms with Gasteiger partial charge in [0.25, 0.3) is 0 Å². The summed E-state index contributed by atoms with van der Waals surface area (Å²) in [4.78, 5) is 17.1. The molecule has 2 aliphatic rings. The number of nitrogens with one attached hydrogen (secondary N) is 1. The van der Waals surface area contributed by atoms with Gasteiger partial charge in [0, 0.05) is 32.2 Å². The average molecular weight is 319 g/mol. The number of furan rings is 1. The number of amides is 2. The fourth-order valence-electron chi connectivity index (χ4n) is 3.43. The smallest absolute Gasteiger partial charge is 0.317 e. The van der Waals surface area contributed by atoms with E-state index in [-0.39, 0.29) is 6.03 Å². The highest BCUT2D eigenvalue weighted by molar-refractivity contribution is 5.74. The van der Waals surface area contributed by atoms with Crippen molar-refractivity contribution in [3.8, 4) is 0 Å². The molecule has 1 saturated carbocycles. The summed E-state index contributed by atoms with van der Waals surface area (Å²) >= 11 is 0. The quantitative estimate of drug-likeness (QED) is 0.908. The van der Waals surface area contributed by atoms with E-state index in [0.29, 0.717) is 18.5 Å². The molecule has 1 atom stereocenters. The van der Waals surface area contributed by atoms with Gasteiger partial charge < -0.3 is 14.6 Å². The molecule has 0 bridgehead atoms. The highest BCUT2D eigenvalue weighted by atomic mass is 16.3. The van der Waals surface area contributed by atoms with Crippen molar-refractivity contribution in [1.82, 2.24) is 15.1 Å². The zero-order chi connectivity index (χ0) is 16.2. The van der Waals surface area contributed by atoms with Crippen molar-refractivity contribution in [3.63, 3.8) is 0 Å². The van der Waals surface area contributed by atoms with Crippen LogP contribution in [0.4, 0.5) is 4.79 Å². The summed E-state index contributed by atoms with van der Waals surface area (Å²) in [6.07, 6.45) is 5.46. The number of carbonyl (C=O) groups excluding carboxylic acids is 1. The van der Waals surface area contributed by atoms with Crippen LogP contribution >= 0.6 is 0 Å². The molecule has 23 heavy (non-hydrogen) atoms. The van der Waals surface area contributed by atoms with E-state index < -0.39 is 0 Å². The minimum absolute atomic E-state index is 0.0281. The number of urea groups is 1. The number of hydrogen-bond acceptors (Lipinski definition) is 3. The Kier molecular flexibility index (Phi) is 5.26.